The molecule has 2 aromatic carbocycles. The summed E-state index contributed by atoms with van der Waals surface area (Å²) in [5.41, 5.74) is 1.86. The fraction of sp³-hybridized carbons (Fsp3) is 0.333. The first-order chi connectivity index (χ1) is 12.8. The van der Waals surface area contributed by atoms with E-state index < -0.39 is 14.8 Å². The molecule has 8 nitrogen and oxygen atoms in total. The Hall–Kier alpha value is -2.49. The SMILES string of the molecule is CS(=O)(=O)c1cc([N+](=O)[O-])ccc1Nc1cccc(CN2CCOCC2)c1. The van der Waals surface area contributed by atoms with E-state index in [9.17, 15) is 18.5 Å². The van der Waals surface area contributed by atoms with Crippen molar-refractivity contribution in [3.63, 3.8) is 0 Å². The van der Waals surface area contributed by atoms with Crippen LogP contribution in [0.1, 0.15) is 5.56 Å². The molecule has 1 heterocycles. The van der Waals surface area contributed by atoms with Crippen molar-refractivity contribution >= 4 is 26.9 Å². The number of anilines is 2. The highest BCUT2D eigenvalue weighted by Crippen LogP contribution is 2.29. The minimum atomic E-state index is -3.63. The number of nitro benzene ring substituents is 1. The van der Waals surface area contributed by atoms with Crippen molar-refractivity contribution in [1.82, 2.24) is 4.90 Å². The van der Waals surface area contributed by atoms with Gasteiger partial charge in [0.05, 0.1) is 28.7 Å². The first-order valence-corrected chi connectivity index (χ1v) is 10.4. The zero-order chi connectivity index (χ0) is 19.4. The van der Waals surface area contributed by atoms with E-state index in [-0.39, 0.29) is 10.6 Å². The molecule has 0 radical (unpaired) electrons. The number of hydrogen-bond donors (Lipinski definition) is 1. The lowest BCUT2D eigenvalue weighted by Gasteiger charge is -2.26. The lowest BCUT2D eigenvalue weighted by molar-refractivity contribution is -0.385. The van der Waals surface area contributed by atoms with Crippen LogP contribution in [0.4, 0.5) is 17.1 Å². The molecule has 27 heavy (non-hydrogen) atoms. The predicted molar refractivity (Wildman–Crippen MR) is 102 cm³/mol. The molecule has 0 spiro atoms. The second-order valence-electron chi connectivity index (χ2n) is 6.42. The lowest BCUT2D eigenvalue weighted by Crippen LogP contribution is -2.35. The normalized spacial score (nSPS) is 15.4. The summed E-state index contributed by atoms with van der Waals surface area (Å²) >= 11 is 0. The van der Waals surface area contributed by atoms with Gasteiger partial charge in [-0.1, -0.05) is 12.1 Å². The number of non-ortho nitro benzene ring substituents is 1. The molecule has 0 aliphatic carbocycles. The van der Waals surface area contributed by atoms with Gasteiger partial charge in [-0.05, 0) is 23.8 Å². The molecule has 1 aliphatic heterocycles. The molecular formula is C18H21N3O5S. The minimum Gasteiger partial charge on any atom is -0.379 e. The van der Waals surface area contributed by atoms with Gasteiger partial charge in [0.1, 0.15) is 0 Å². The largest absolute Gasteiger partial charge is 0.379 e. The third kappa shape index (κ3) is 5.03. The molecule has 0 amide bonds. The van der Waals surface area contributed by atoms with E-state index in [1.807, 2.05) is 24.3 Å². The number of nitrogens with one attached hydrogen (secondary N) is 1. The van der Waals surface area contributed by atoms with Gasteiger partial charge in [0.2, 0.25) is 0 Å². The van der Waals surface area contributed by atoms with Gasteiger partial charge < -0.3 is 10.1 Å². The standard InChI is InChI=1S/C18H21N3O5S/c1-27(24,25)18-12-16(21(22)23)5-6-17(18)19-15-4-2-3-14(11-15)13-20-7-9-26-10-8-20/h2-6,11-12,19H,7-10,13H2,1H3. The van der Waals surface area contributed by atoms with Crippen molar-refractivity contribution in [2.75, 3.05) is 37.9 Å². The summed E-state index contributed by atoms with van der Waals surface area (Å²) in [6.07, 6.45) is 1.03. The van der Waals surface area contributed by atoms with Crippen LogP contribution in [0, 0.1) is 10.1 Å². The van der Waals surface area contributed by atoms with E-state index >= 15 is 0 Å². The molecule has 1 aliphatic rings. The van der Waals surface area contributed by atoms with Gasteiger partial charge in [-0.15, -0.1) is 0 Å². The van der Waals surface area contributed by atoms with Crippen LogP contribution < -0.4 is 5.32 Å². The van der Waals surface area contributed by atoms with Gasteiger partial charge in [-0.3, -0.25) is 15.0 Å². The van der Waals surface area contributed by atoms with Crippen molar-refractivity contribution in [2.24, 2.45) is 0 Å². The van der Waals surface area contributed by atoms with E-state index in [2.05, 4.69) is 10.2 Å². The van der Waals surface area contributed by atoms with Crippen LogP contribution in [-0.2, 0) is 21.1 Å². The Morgan fingerprint density at radius 2 is 1.93 bits per heavy atom. The molecule has 9 heteroatoms. The third-order valence-electron chi connectivity index (χ3n) is 4.29. The van der Waals surface area contributed by atoms with E-state index in [0.29, 0.717) is 5.69 Å². The van der Waals surface area contributed by atoms with Crippen LogP contribution in [0.3, 0.4) is 0 Å². The van der Waals surface area contributed by atoms with Crippen molar-refractivity contribution in [3.8, 4) is 0 Å². The van der Waals surface area contributed by atoms with Gasteiger partial charge >= 0.3 is 0 Å². The summed E-state index contributed by atoms with van der Waals surface area (Å²) in [5, 5.41) is 14.0. The van der Waals surface area contributed by atoms with Crippen LogP contribution in [0.25, 0.3) is 0 Å². The maximum absolute atomic E-state index is 12.1. The third-order valence-corrected chi connectivity index (χ3v) is 5.43. The van der Waals surface area contributed by atoms with Crippen LogP contribution in [0.15, 0.2) is 47.4 Å². The second kappa shape index (κ2) is 8.03. The number of nitrogens with zero attached hydrogens (tertiary/aromatic N) is 2. The molecule has 2 aromatic rings. The fourth-order valence-electron chi connectivity index (χ4n) is 2.96. The van der Waals surface area contributed by atoms with Crippen LogP contribution in [0.5, 0.6) is 0 Å². The molecule has 0 saturated carbocycles. The number of morpholine rings is 1. The summed E-state index contributed by atoms with van der Waals surface area (Å²) < 4.78 is 29.5. The average molecular weight is 391 g/mol. The Morgan fingerprint density at radius 3 is 2.59 bits per heavy atom. The summed E-state index contributed by atoms with van der Waals surface area (Å²) in [7, 11) is -3.63. The number of sulfone groups is 1. The van der Waals surface area contributed by atoms with Gasteiger partial charge in [0.25, 0.3) is 5.69 Å². The smallest absolute Gasteiger partial charge is 0.270 e. The average Bonchev–Trinajstić information content (AvgIpc) is 2.62. The summed E-state index contributed by atoms with van der Waals surface area (Å²) in [4.78, 5) is 12.5. The highest BCUT2D eigenvalue weighted by Gasteiger charge is 2.19. The Balaban J connectivity index is 1.84. The zero-order valence-electron chi connectivity index (χ0n) is 14.9. The van der Waals surface area contributed by atoms with Crippen molar-refractivity contribution < 1.29 is 18.1 Å². The quantitative estimate of drug-likeness (QED) is 0.596. The molecular weight excluding hydrogens is 370 g/mol. The van der Waals surface area contributed by atoms with Crippen molar-refractivity contribution in [2.45, 2.75) is 11.4 Å². The highest BCUT2D eigenvalue weighted by atomic mass is 32.2. The van der Waals surface area contributed by atoms with Crippen LogP contribution in [0.2, 0.25) is 0 Å². The van der Waals surface area contributed by atoms with Crippen molar-refractivity contribution in [1.29, 1.82) is 0 Å². The van der Waals surface area contributed by atoms with Gasteiger partial charge in [-0.25, -0.2) is 8.42 Å². The van der Waals surface area contributed by atoms with Gasteiger partial charge in [0.15, 0.2) is 9.84 Å². The monoisotopic (exact) mass is 391 g/mol. The highest BCUT2D eigenvalue weighted by molar-refractivity contribution is 7.90. The number of ether oxygens (including phenoxy) is 1. The first-order valence-electron chi connectivity index (χ1n) is 8.47. The minimum absolute atomic E-state index is 0.102. The predicted octanol–water partition coefficient (Wildman–Crippen LogP) is 2.57. The zero-order valence-corrected chi connectivity index (χ0v) is 15.7. The summed E-state index contributed by atoms with van der Waals surface area (Å²) in [6.45, 7) is 3.96. The van der Waals surface area contributed by atoms with Crippen LogP contribution in [-0.4, -0.2) is 50.8 Å². The van der Waals surface area contributed by atoms with Gasteiger partial charge in [0, 0.05) is 43.7 Å². The van der Waals surface area contributed by atoms with Crippen LogP contribution >= 0.6 is 0 Å². The molecule has 0 bridgehead atoms. The Morgan fingerprint density at radius 1 is 1.19 bits per heavy atom. The summed E-state index contributed by atoms with van der Waals surface area (Å²) in [6, 6.07) is 11.5. The maximum Gasteiger partial charge on any atom is 0.270 e. The van der Waals surface area contributed by atoms with E-state index in [1.54, 1.807) is 0 Å². The van der Waals surface area contributed by atoms with E-state index in [4.69, 9.17) is 4.74 Å². The molecule has 3 rings (SSSR count). The molecule has 1 fully saturated rings. The molecule has 0 unspecified atom stereocenters. The maximum atomic E-state index is 12.1. The molecule has 0 atom stereocenters. The molecule has 1 N–H and O–H groups in total. The van der Waals surface area contributed by atoms with Gasteiger partial charge in [-0.2, -0.15) is 0 Å². The second-order valence-corrected chi connectivity index (χ2v) is 8.41. The number of hydrogen-bond acceptors (Lipinski definition) is 7. The molecule has 0 aromatic heterocycles. The number of nitro groups is 1. The lowest BCUT2D eigenvalue weighted by atomic mass is 10.1. The summed E-state index contributed by atoms with van der Waals surface area (Å²) in [5.74, 6) is 0. The Bertz CT molecular complexity index is 940. The molecule has 1 saturated heterocycles. The fourth-order valence-corrected chi connectivity index (χ4v) is 3.81. The number of benzene rings is 2. The van der Waals surface area contributed by atoms with E-state index in [1.165, 1.54) is 12.1 Å². The number of rotatable bonds is 6. The van der Waals surface area contributed by atoms with Crippen molar-refractivity contribution in [3.05, 3.63) is 58.1 Å². The Labute approximate surface area is 157 Å². The van der Waals surface area contributed by atoms with E-state index in [0.717, 1.165) is 56.4 Å². The topological polar surface area (TPSA) is 102 Å². The Kier molecular flexibility index (Phi) is 5.73. The molecule has 144 valence electrons. The first kappa shape index (κ1) is 19.3.